The number of hydrogen-bond donors (Lipinski definition) is 2. The first-order valence-corrected chi connectivity index (χ1v) is 7.28. The van der Waals surface area contributed by atoms with Gasteiger partial charge in [0, 0.05) is 36.6 Å². The molecule has 6 nitrogen and oxygen atoms in total. The van der Waals surface area contributed by atoms with E-state index in [4.69, 9.17) is 11.6 Å². The third-order valence-electron chi connectivity index (χ3n) is 2.80. The van der Waals surface area contributed by atoms with Gasteiger partial charge >= 0.3 is 0 Å². The van der Waals surface area contributed by atoms with Gasteiger partial charge in [-0.1, -0.05) is 23.7 Å². The quantitative estimate of drug-likeness (QED) is 0.623. The lowest BCUT2D eigenvalue weighted by molar-refractivity contribution is -0.116. The summed E-state index contributed by atoms with van der Waals surface area (Å²) < 4.78 is 0. The molecule has 118 valence electrons. The Hall–Kier alpha value is -2.73. The second kappa shape index (κ2) is 8.65. The van der Waals surface area contributed by atoms with Crippen LogP contribution in [-0.4, -0.2) is 34.9 Å². The van der Waals surface area contributed by atoms with Crippen LogP contribution in [0.1, 0.15) is 16.1 Å². The van der Waals surface area contributed by atoms with Crippen molar-refractivity contribution in [3.8, 4) is 0 Å². The Morgan fingerprint density at radius 3 is 2.52 bits per heavy atom. The molecule has 7 heteroatoms. The van der Waals surface area contributed by atoms with Gasteiger partial charge in [0.2, 0.25) is 5.91 Å². The van der Waals surface area contributed by atoms with Gasteiger partial charge in [-0.25, -0.2) is 4.98 Å². The van der Waals surface area contributed by atoms with E-state index in [0.717, 1.165) is 5.56 Å². The average Bonchev–Trinajstić information content (AvgIpc) is 2.59. The van der Waals surface area contributed by atoms with Gasteiger partial charge in [-0.05, 0) is 23.8 Å². The zero-order chi connectivity index (χ0) is 16.5. The van der Waals surface area contributed by atoms with Crippen LogP contribution < -0.4 is 10.6 Å². The van der Waals surface area contributed by atoms with Crippen molar-refractivity contribution in [1.29, 1.82) is 0 Å². The summed E-state index contributed by atoms with van der Waals surface area (Å²) >= 11 is 5.78. The summed E-state index contributed by atoms with van der Waals surface area (Å²) in [4.78, 5) is 31.0. The number of rotatable bonds is 6. The van der Waals surface area contributed by atoms with Crippen molar-refractivity contribution in [2.24, 2.45) is 0 Å². The summed E-state index contributed by atoms with van der Waals surface area (Å²) in [5, 5.41) is 5.95. The normalized spacial score (nSPS) is 10.5. The van der Waals surface area contributed by atoms with Crippen LogP contribution in [0.25, 0.3) is 6.08 Å². The fraction of sp³-hybridized carbons (Fsp3) is 0.125. The van der Waals surface area contributed by atoms with E-state index in [9.17, 15) is 9.59 Å². The van der Waals surface area contributed by atoms with Gasteiger partial charge in [-0.2, -0.15) is 0 Å². The molecule has 1 heterocycles. The van der Waals surface area contributed by atoms with E-state index in [1.165, 1.54) is 24.7 Å². The van der Waals surface area contributed by atoms with Crippen molar-refractivity contribution in [3.63, 3.8) is 0 Å². The van der Waals surface area contributed by atoms with Crippen LogP contribution in [0.2, 0.25) is 5.02 Å². The van der Waals surface area contributed by atoms with Gasteiger partial charge in [-0.3, -0.25) is 14.6 Å². The summed E-state index contributed by atoms with van der Waals surface area (Å²) in [6, 6.07) is 7.13. The van der Waals surface area contributed by atoms with Crippen molar-refractivity contribution in [1.82, 2.24) is 20.6 Å². The molecule has 0 radical (unpaired) electrons. The molecule has 0 saturated heterocycles. The monoisotopic (exact) mass is 330 g/mol. The van der Waals surface area contributed by atoms with Gasteiger partial charge in [0.1, 0.15) is 5.69 Å². The summed E-state index contributed by atoms with van der Waals surface area (Å²) in [7, 11) is 0. The molecule has 23 heavy (non-hydrogen) atoms. The predicted octanol–water partition coefficient (Wildman–Crippen LogP) is 1.69. The van der Waals surface area contributed by atoms with Gasteiger partial charge in [0.05, 0.1) is 6.20 Å². The summed E-state index contributed by atoms with van der Waals surface area (Å²) in [5.74, 6) is -0.572. The summed E-state index contributed by atoms with van der Waals surface area (Å²) in [6.45, 7) is 0.617. The van der Waals surface area contributed by atoms with E-state index in [-0.39, 0.29) is 17.5 Å². The maximum Gasteiger partial charge on any atom is 0.271 e. The third-order valence-corrected chi connectivity index (χ3v) is 3.05. The maximum absolute atomic E-state index is 11.7. The molecule has 0 aliphatic carbocycles. The van der Waals surface area contributed by atoms with Gasteiger partial charge in [0.25, 0.3) is 5.91 Å². The number of carbonyl (C=O) groups excluding carboxylic acids is 2. The minimum absolute atomic E-state index is 0.237. The van der Waals surface area contributed by atoms with E-state index < -0.39 is 0 Å². The van der Waals surface area contributed by atoms with E-state index in [0.29, 0.717) is 18.1 Å². The van der Waals surface area contributed by atoms with E-state index >= 15 is 0 Å². The smallest absolute Gasteiger partial charge is 0.271 e. The standard InChI is InChI=1S/C16H15ClN4O2/c17-13-4-1-12(2-5-13)3-6-15(22)20-9-10-21-16(23)14-11-18-7-8-19-14/h1-8,11H,9-10H2,(H,20,22)(H,21,23). The number of aromatic nitrogens is 2. The van der Waals surface area contributed by atoms with E-state index in [2.05, 4.69) is 20.6 Å². The molecule has 1 aromatic carbocycles. The summed E-state index contributed by atoms with van der Waals surface area (Å²) in [6.07, 6.45) is 7.42. The molecule has 0 bridgehead atoms. The van der Waals surface area contributed by atoms with Gasteiger partial charge < -0.3 is 10.6 Å². The topological polar surface area (TPSA) is 84.0 Å². The molecular weight excluding hydrogens is 316 g/mol. The largest absolute Gasteiger partial charge is 0.351 e. The van der Waals surface area contributed by atoms with E-state index in [1.807, 2.05) is 12.1 Å². The molecule has 0 atom stereocenters. The third kappa shape index (κ3) is 5.88. The van der Waals surface area contributed by atoms with Crippen LogP contribution in [-0.2, 0) is 4.79 Å². The molecule has 0 unspecified atom stereocenters. The summed E-state index contributed by atoms with van der Waals surface area (Å²) in [5.41, 5.74) is 1.11. The van der Waals surface area contributed by atoms with Crippen LogP contribution in [0.5, 0.6) is 0 Å². The minimum atomic E-state index is -0.330. The average molecular weight is 331 g/mol. The zero-order valence-corrected chi connectivity index (χ0v) is 13.0. The number of benzene rings is 1. The molecule has 0 fully saturated rings. The highest BCUT2D eigenvalue weighted by Gasteiger charge is 2.05. The van der Waals surface area contributed by atoms with Crippen molar-refractivity contribution < 1.29 is 9.59 Å². The van der Waals surface area contributed by atoms with Crippen molar-refractivity contribution >= 4 is 29.5 Å². The first-order chi connectivity index (χ1) is 11.1. The zero-order valence-electron chi connectivity index (χ0n) is 12.2. The number of amides is 2. The van der Waals surface area contributed by atoms with Crippen LogP contribution in [0, 0.1) is 0 Å². The Labute approximate surface area is 138 Å². The Morgan fingerprint density at radius 2 is 1.83 bits per heavy atom. The van der Waals surface area contributed by atoms with Crippen molar-refractivity contribution in [3.05, 3.63) is 65.2 Å². The van der Waals surface area contributed by atoms with Crippen LogP contribution in [0.4, 0.5) is 0 Å². The first kappa shape index (κ1) is 16.6. The molecule has 2 rings (SSSR count). The molecule has 0 aliphatic heterocycles. The first-order valence-electron chi connectivity index (χ1n) is 6.91. The fourth-order valence-corrected chi connectivity index (χ4v) is 1.80. The molecule has 0 aliphatic rings. The van der Waals surface area contributed by atoms with E-state index in [1.54, 1.807) is 18.2 Å². The van der Waals surface area contributed by atoms with Crippen LogP contribution in [0.3, 0.4) is 0 Å². The maximum atomic E-state index is 11.7. The predicted molar refractivity (Wildman–Crippen MR) is 87.9 cm³/mol. The number of nitrogens with zero attached hydrogens (tertiary/aromatic N) is 2. The highest BCUT2D eigenvalue weighted by atomic mass is 35.5. The molecule has 0 saturated carbocycles. The van der Waals surface area contributed by atoms with Crippen molar-refractivity contribution in [2.75, 3.05) is 13.1 Å². The number of halogens is 1. The highest BCUT2D eigenvalue weighted by molar-refractivity contribution is 6.30. The van der Waals surface area contributed by atoms with Gasteiger partial charge in [0.15, 0.2) is 0 Å². The fourth-order valence-electron chi connectivity index (χ4n) is 1.67. The number of hydrogen-bond acceptors (Lipinski definition) is 4. The SMILES string of the molecule is O=C(C=Cc1ccc(Cl)cc1)NCCNC(=O)c1cnccn1. The lowest BCUT2D eigenvalue weighted by atomic mass is 10.2. The molecule has 0 spiro atoms. The molecule has 2 N–H and O–H groups in total. The second-order valence-electron chi connectivity index (χ2n) is 4.52. The van der Waals surface area contributed by atoms with Crippen molar-refractivity contribution in [2.45, 2.75) is 0 Å². The highest BCUT2D eigenvalue weighted by Crippen LogP contribution is 2.10. The molecule has 2 amide bonds. The lowest BCUT2D eigenvalue weighted by Crippen LogP contribution is -2.34. The Kier molecular flexibility index (Phi) is 6.26. The number of carbonyl (C=O) groups is 2. The Morgan fingerprint density at radius 1 is 1.09 bits per heavy atom. The Bertz CT molecular complexity index is 687. The second-order valence-corrected chi connectivity index (χ2v) is 4.96. The molecular formula is C16H15ClN4O2. The minimum Gasteiger partial charge on any atom is -0.351 e. The molecule has 2 aromatic rings. The number of nitrogens with one attached hydrogen (secondary N) is 2. The van der Waals surface area contributed by atoms with Crippen LogP contribution >= 0.6 is 11.6 Å². The van der Waals surface area contributed by atoms with Crippen LogP contribution in [0.15, 0.2) is 48.9 Å². The van der Waals surface area contributed by atoms with Gasteiger partial charge in [-0.15, -0.1) is 0 Å². The lowest BCUT2D eigenvalue weighted by Gasteiger charge is -2.04. The molecule has 1 aromatic heterocycles. The Balaban J connectivity index is 1.69.